The highest BCUT2D eigenvalue weighted by Crippen LogP contribution is 2.40. The maximum absolute atomic E-state index is 11.3. The van der Waals surface area contributed by atoms with Crippen molar-refractivity contribution in [3.05, 3.63) is 36.1 Å². The van der Waals surface area contributed by atoms with Crippen LogP contribution >= 0.6 is 0 Å². The van der Waals surface area contributed by atoms with Crippen molar-refractivity contribution in [1.29, 1.82) is 0 Å². The van der Waals surface area contributed by atoms with E-state index >= 15 is 0 Å². The van der Waals surface area contributed by atoms with Gasteiger partial charge in [0.1, 0.15) is 18.5 Å². The van der Waals surface area contributed by atoms with Crippen LogP contribution in [0.5, 0.6) is 0 Å². The van der Waals surface area contributed by atoms with Gasteiger partial charge >= 0.3 is 0 Å². The van der Waals surface area contributed by atoms with Gasteiger partial charge in [-0.2, -0.15) is 0 Å². The molecule has 1 amide bonds. The summed E-state index contributed by atoms with van der Waals surface area (Å²) in [6.07, 6.45) is 5.84. The second-order valence-electron chi connectivity index (χ2n) is 6.01. The summed E-state index contributed by atoms with van der Waals surface area (Å²) in [5.74, 6) is -0.796. The average molecular weight is 308 g/mol. The van der Waals surface area contributed by atoms with Crippen molar-refractivity contribution in [1.82, 2.24) is 4.90 Å². The minimum atomic E-state index is -0.725. The normalized spacial score (nSPS) is 34.5. The topological polar surface area (TPSA) is 94.3 Å². The van der Waals surface area contributed by atoms with Crippen molar-refractivity contribution in [2.24, 2.45) is 5.73 Å². The highest BCUT2D eigenvalue weighted by molar-refractivity contribution is 5.92. The van der Waals surface area contributed by atoms with Crippen LogP contribution in [0.25, 0.3) is 0 Å². The molecule has 3 atom stereocenters. The van der Waals surface area contributed by atoms with E-state index in [0.717, 1.165) is 6.26 Å². The Bertz CT molecular complexity index is 566. The Hall–Kier alpha value is -1.99. The number of carbonyl (C=O) groups is 1. The van der Waals surface area contributed by atoms with Gasteiger partial charge in [0.15, 0.2) is 17.7 Å². The molecule has 7 heteroatoms. The number of nitrogens with zero attached hydrogens (tertiary/aromatic N) is 1. The summed E-state index contributed by atoms with van der Waals surface area (Å²) in [6, 6.07) is 0. The molecule has 0 saturated carbocycles. The molecule has 0 spiro atoms. The van der Waals surface area contributed by atoms with Crippen molar-refractivity contribution in [3.63, 3.8) is 0 Å². The largest absolute Gasteiger partial charge is 0.512 e. The van der Waals surface area contributed by atoms with Crippen LogP contribution in [-0.4, -0.2) is 46.6 Å². The van der Waals surface area contributed by atoms with E-state index in [1.807, 2.05) is 31.0 Å². The molecule has 0 aliphatic carbocycles. The van der Waals surface area contributed by atoms with Crippen LogP contribution in [0.4, 0.5) is 0 Å². The van der Waals surface area contributed by atoms with Gasteiger partial charge in [-0.05, 0) is 26.5 Å². The van der Waals surface area contributed by atoms with E-state index in [4.69, 9.17) is 19.9 Å². The minimum Gasteiger partial charge on any atom is -0.512 e. The Labute approximate surface area is 128 Å². The lowest BCUT2D eigenvalue weighted by Gasteiger charge is -2.27. The van der Waals surface area contributed by atoms with Crippen LogP contribution in [0.1, 0.15) is 20.3 Å². The highest BCUT2D eigenvalue weighted by atomic mass is 16.8. The molecule has 120 valence electrons. The summed E-state index contributed by atoms with van der Waals surface area (Å²) in [7, 11) is 0. The maximum atomic E-state index is 11.3. The maximum Gasteiger partial charge on any atom is 0.246 e. The lowest BCUT2D eigenvalue weighted by molar-refractivity contribution is -0.167. The van der Waals surface area contributed by atoms with Gasteiger partial charge in [-0.15, -0.1) is 0 Å². The van der Waals surface area contributed by atoms with Crippen LogP contribution in [0.3, 0.4) is 0 Å². The number of aliphatic hydroxyl groups is 1. The van der Waals surface area contributed by atoms with Gasteiger partial charge in [-0.1, -0.05) is 6.08 Å². The van der Waals surface area contributed by atoms with E-state index in [-0.39, 0.29) is 12.2 Å². The van der Waals surface area contributed by atoms with Crippen molar-refractivity contribution >= 4 is 5.91 Å². The molecule has 3 rings (SSSR count). The summed E-state index contributed by atoms with van der Waals surface area (Å²) in [6.45, 7) is 4.11. The summed E-state index contributed by atoms with van der Waals surface area (Å²) in [5.41, 5.74) is 5.86. The van der Waals surface area contributed by atoms with Gasteiger partial charge in [-0.3, -0.25) is 4.79 Å². The minimum absolute atomic E-state index is 0.311. The van der Waals surface area contributed by atoms with Crippen LogP contribution in [-0.2, 0) is 19.0 Å². The van der Waals surface area contributed by atoms with E-state index < -0.39 is 17.8 Å². The smallest absolute Gasteiger partial charge is 0.246 e. The summed E-state index contributed by atoms with van der Waals surface area (Å²) < 4.78 is 17.3. The first-order chi connectivity index (χ1) is 10.4. The number of allylic oxidation sites excluding steroid dienone is 1. The number of nitrogens with two attached hydrogens (primary N) is 1. The summed E-state index contributed by atoms with van der Waals surface area (Å²) in [5, 5.41) is 9.30. The molecule has 0 unspecified atom stereocenters. The SMILES string of the molecule is CC1(C)O[C@H]2[C@H](CN3C=CCC(C(N)=O)=C3)O/C(=C/O)[C@H]2O1. The van der Waals surface area contributed by atoms with Gasteiger partial charge in [0.25, 0.3) is 0 Å². The molecule has 3 N–H and O–H groups in total. The quantitative estimate of drug-likeness (QED) is 0.752. The number of rotatable bonds is 3. The van der Waals surface area contributed by atoms with E-state index in [9.17, 15) is 9.90 Å². The van der Waals surface area contributed by atoms with E-state index in [1.54, 1.807) is 6.20 Å². The fraction of sp³-hybridized carbons (Fsp3) is 0.533. The van der Waals surface area contributed by atoms with Gasteiger partial charge in [-0.25, -0.2) is 0 Å². The van der Waals surface area contributed by atoms with Gasteiger partial charge < -0.3 is 30.0 Å². The van der Waals surface area contributed by atoms with Crippen molar-refractivity contribution in [2.45, 2.75) is 44.4 Å². The average Bonchev–Trinajstić information content (AvgIpc) is 2.93. The zero-order valence-electron chi connectivity index (χ0n) is 12.6. The standard InChI is InChI=1S/C15H20N2O5/c1-15(2)21-12-10(20-11(8-18)13(12)22-15)7-17-5-3-4-9(6-17)14(16)19/h3,5-6,8,10,12-13,18H,4,7H2,1-2H3,(H2,16,19)/b11-8+/t10-,12-,13+/m0/s1. The van der Waals surface area contributed by atoms with Crippen LogP contribution in [0.15, 0.2) is 36.1 Å². The number of fused-ring (bicyclic) bond motifs is 1. The second-order valence-corrected chi connectivity index (χ2v) is 6.01. The number of hydrogen-bond donors (Lipinski definition) is 2. The van der Waals surface area contributed by atoms with E-state index in [0.29, 0.717) is 24.3 Å². The molecule has 3 heterocycles. The number of ether oxygens (including phenoxy) is 3. The molecular formula is C15H20N2O5. The number of aliphatic hydroxyl groups excluding tert-OH is 1. The molecule has 3 aliphatic rings. The Balaban J connectivity index is 1.74. The Morgan fingerprint density at radius 3 is 3.00 bits per heavy atom. The molecule has 0 radical (unpaired) electrons. The van der Waals surface area contributed by atoms with Crippen molar-refractivity contribution in [3.8, 4) is 0 Å². The molecule has 0 aromatic rings. The molecule has 0 aromatic heterocycles. The molecule has 7 nitrogen and oxygen atoms in total. The van der Waals surface area contributed by atoms with Crippen molar-refractivity contribution in [2.75, 3.05) is 6.54 Å². The Kier molecular flexibility index (Phi) is 3.62. The molecule has 2 fully saturated rings. The molecular weight excluding hydrogens is 288 g/mol. The van der Waals surface area contributed by atoms with E-state index in [2.05, 4.69) is 0 Å². The first-order valence-electron chi connectivity index (χ1n) is 7.19. The molecule has 0 aromatic carbocycles. The predicted molar refractivity (Wildman–Crippen MR) is 77.2 cm³/mol. The zero-order valence-corrected chi connectivity index (χ0v) is 12.6. The number of hydrogen-bond acceptors (Lipinski definition) is 6. The lowest BCUT2D eigenvalue weighted by Crippen LogP contribution is -2.37. The number of primary amides is 1. The third kappa shape index (κ3) is 2.69. The van der Waals surface area contributed by atoms with E-state index in [1.165, 1.54) is 0 Å². The van der Waals surface area contributed by atoms with Gasteiger partial charge in [0, 0.05) is 11.8 Å². The third-order valence-corrected chi connectivity index (χ3v) is 3.85. The fourth-order valence-electron chi connectivity index (χ4n) is 2.93. The molecule has 2 saturated heterocycles. The monoisotopic (exact) mass is 308 g/mol. The van der Waals surface area contributed by atoms with Gasteiger partial charge in [0.2, 0.25) is 5.91 Å². The van der Waals surface area contributed by atoms with Gasteiger partial charge in [0.05, 0.1) is 6.54 Å². The first kappa shape index (κ1) is 14.9. The lowest BCUT2D eigenvalue weighted by atomic mass is 10.1. The van der Waals surface area contributed by atoms with Crippen LogP contribution in [0.2, 0.25) is 0 Å². The number of carbonyl (C=O) groups excluding carboxylic acids is 1. The van der Waals surface area contributed by atoms with Crippen molar-refractivity contribution < 1.29 is 24.1 Å². The molecule has 3 aliphatic heterocycles. The van der Waals surface area contributed by atoms with Crippen LogP contribution in [0, 0.1) is 0 Å². The Morgan fingerprint density at radius 2 is 2.32 bits per heavy atom. The second kappa shape index (κ2) is 5.33. The van der Waals surface area contributed by atoms with Crippen LogP contribution < -0.4 is 5.73 Å². The fourth-order valence-corrected chi connectivity index (χ4v) is 2.93. The number of amides is 1. The third-order valence-electron chi connectivity index (χ3n) is 3.85. The highest BCUT2D eigenvalue weighted by Gasteiger charge is 2.53. The summed E-state index contributed by atoms with van der Waals surface area (Å²) in [4.78, 5) is 13.1. The first-order valence-corrected chi connectivity index (χ1v) is 7.19. The summed E-state index contributed by atoms with van der Waals surface area (Å²) >= 11 is 0. The predicted octanol–water partition coefficient (Wildman–Crippen LogP) is 0.893. The molecule has 0 bridgehead atoms. The molecule has 22 heavy (non-hydrogen) atoms. The Morgan fingerprint density at radius 1 is 1.55 bits per heavy atom. The zero-order chi connectivity index (χ0) is 15.9.